The molecular weight excluding hydrogens is 469 g/mol. The molecule has 192 valence electrons. The monoisotopic (exact) mass is 505 g/mol. The fourth-order valence-corrected chi connectivity index (χ4v) is 4.69. The fraction of sp³-hybridized carbons (Fsp3) is 0.462. The Morgan fingerprint density at radius 3 is 2.34 bits per heavy atom. The van der Waals surface area contributed by atoms with Crippen molar-refractivity contribution in [2.75, 3.05) is 23.7 Å². The highest BCUT2D eigenvalue weighted by molar-refractivity contribution is 7.92. The van der Waals surface area contributed by atoms with Gasteiger partial charge in [-0.25, -0.2) is 12.8 Å². The normalized spacial score (nSPS) is 12.1. The van der Waals surface area contributed by atoms with Gasteiger partial charge in [-0.3, -0.25) is 13.9 Å². The summed E-state index contributed by atoms with van der Waals surface area (Å²) in [5.41, 5.74) is 1.88. The molecule has 0 saturated carbocycles. The zero-order valence-corrected chi connectivity index (χ0v) is 21.8. The third-order valence-electron chi connectivity index (χ3n) is 5.87. The predicted octanol–water partition coefficient (Wildman–Crippen LogP) is 4.01. The highest BCUT2D eigenvalue weighted by Gasteiger charge is 2.27. The zero-order chi connectivity index (χ0) is 26.0. The number of hydrogen-bond donors (Lipinski definition) is 1. The van der Waals surface area contributed by atoms with Gasteiger partial charge in [0.25, 0.3) is 0 Å². The Morgan fingerprint density at radius 1 is 1.06 bits per heavy atom. The molecule has 2 aromatic rings. The molecular formula is C26H36FN3O4S. The van der Waals surface area contributed by atoms with Crippen molar-refractivity contribution in [2.45, 2.75) is 59.0 Å². The molecule has 0 aliphatic rings. The second kappa shape index (κ2) is 13.2. The molecule has 0 radical (unpaired) electrons. The number of anilines is 1. The van der Waals surface area contributed by atoms with Crippen molar-refractivity contribution < 1.29 is 22.4 Å². The summed E-state index contributed by atoms with van der Waals surface area (Å²) in [4.78, 5) is 27.5. The van der Waals surface area contributed by atoms with Crippen LogP contribution >= 0.6 is 0 Å². The van der Waals surface area contributed by atoms with Crippen LogP contribution in [0.4, 0.5) is 10.1 Å². The van der Waals surface area contributed by atoms with Crippen LogP contribution in [0.1, 0.15) is 50.7 Å². The maximum Gasteiger partial charge on any atom is 0.242 e. The molecule has 0 fully saturated rings. The molecule has 35 heavy (non-hydrogen) atoms. The van der Waals surface area contributed by atoms with Crippen molar-refractivity contribution in [1.82, 2.24) is 10.2 Å². The third kappa shape index (κ3) is 8.35. The summed E-state index contributed by atoms with van der Waals surface area (Å²) in [5, 5.41) is 2.88. The highest BCUT2D eigenvalue weighted by atomic mass is 32.2. The Hall–Kier alpha value is -2.94. The number of halogens is 1. The van der Waals surface area contributed by atoms with Crippen LogP contribution in [0.2, 0.25) is 0 Å². The molecule has 1 N–H and O–H groups in total. The summed E-state index contributed by atoms with van der Waals surface area (Å²) in [6, 6.07) is 12.6. The van der Waals surface area contributed by atoms with Gasteiger partial charge < -0.3 is 10.2 Å². The Bertz CT molecular complexity index is 1110. The minimum atomic E-state index is -3.75. The first-order valence-corrected chi connectivity index (χ1v) is 13.7. The molecule has 0 spiro atoms. The van der Waals surface area contributed by atoms with E-state index in [9.17, 15) is 22.4 Å². The van der Waals surface area contributed by atoms with E-state index in [4.69, 9.17) is 0 Å². The predicted molar refractivity (Wildman–Crippen MR) is 137 cm³/mol. The minimum Gasteiger partial charge on any atom is -0.354 e. The summed E-state index contributed by atoms with van der Waals surface area (Å²) in [7, 11) is -3.75. The van der Waals surface area contributed by atoms with Crippen molar-refractivity contribution in [3.8, 4) is 0 Å². The van der Waals surface area contributed by atoms with Crippen LogP contribution in [-0.4, -0.2) is 50.5 Å². The van der Waals surface area contributed by atoms with E-state index < -0.39 is 21.9 Å². The summed E-state index contributed by atoms with van der Waals surface area (Å²) in [6.07, 6.45) is 2.99. The zero-order valence-electron chi connectivity index (χ0n) is 21.0. The summed E-state index contributed by atoms with van der Waals surface area (Å²) in [6.45, 7) is 6.42. The molecule has 2 amide bonds. The van der Waals surface area contributed by atoms with Gasteiger partial charge in [0.15, 0.2) is 0 Å². The van der Waals surface area contributed by atoms with E-state index in [0.717, 1.165) is 34.5 Å². The Labute approximate surface area is 208 Å². The van der Waals surface area contributed by atoms with Gasteiger partial charge in [-0.15, -0.1) is 0 Å². The largest absolute Gasteiger partial charge is 0.354 e. The number of unbranched alkanes of at least 4 members (excludes halogenated alkanes) is 1. The van der Waals surface area contributed by atoms with Crippen LogP contribution in [0, 0.1) is 12.7 Å². The lowest BCUT2D eigenvalue weighted by Gasteiger charge is -2.30. The standard InChI is InChI=1S/C26H36FN3O4S/c1-5-6-17-28-26(32)21(3)29(19-22-13-8-7-12-20(22)2)25(31)16-11-18-30(35(4,33)34)24-15-10-9-14-23(24)27/h7-10,12-15,21H,5-6,11,16-19H2,1-4H3,(H,28,32)/t21-/m0/s1. The van der Waals surface area contributed by atoms with Crippen LogP contribution in [0.25, 0.3) is 0 Å². The number of amides is 2. The molecule has 0 saturated heterocycles. The molecule has 7 nitrogen and oxygen atoms in total. The van der Waals surface area contributed by atoms with Gasteiger partial charge in [0.05, 0.1) is 11.9 Å². The molecule has 0 bridgehead atoms. The first kappa shape index (κ1) is 28.3. The number of sulfonamides is 1. The van der Waals surface area contributed by atoms with E-state index in [1.807, 2.05) is 38.1 Å². The van der Waals surface area contributed by atoms with E-state index >= 15 is 0 Å². The Balaban J connectivity index is 2.16. The molecule has 1 atom stereocenters. The van der Waals surface area contributed by atoms with Crippen molar-refractivity contribution in [3.05, 3.63) is 65.5 Å². The number of rotatable bonds is 13. The topological polar surface area (TPSA) is 86.8 Å². The summed E-state index contributed by atoms with van der Waals surface area (Å²) >= 11 is 0. The molecule has 0 aliphatic carbocycles. The molecule has 0 aromatic heterocycles. The van der Waals surface area contributed by atoms with Gasteiger partial charge in [0.1, 0.15) is 11.9 Å². The average Bonchev–Trinajstić information content (AvgIpc) is 2.80. The number of para-hydroxylation sites is 1. The number of aryl methyl sites for hydroxylation is 1. The van der Waals surface area contributed by atoms with E-state index in [1.54, 1.807) is 13.0 Å². The van der Waals surface area contributed by atoms with Crippen molar-refractivity contribution >= 4 is 27.5 Å². The molecule has 2 aromatic carbocycles. The SMILES string of the molecule is CCCCNC(=O)[C@H](C)N(Cc1ccccc1C)C(=O)CCCN(c1ccccc1F)S(C)(=O)=O. The lowest BCUT2D eigenvalue weighted by Crippen LogP contribution is -2.48. The molecule has 0 heterocycles. The lowest BCUT2D eigenvalue weighted by molar-refractivity contribution is -0.140. The molecule has 0 aliphatic heterocycles. The first-order valence-electron chi connectivity index (χ1n) is 11.9. The average molecular weight is 506 g/mol. The van der Waals surface area contributed by atoms with Gasteiger partial charge >= 0.3 is 0 Å². The van der Waals surface area contributed by atoms with E-state index in [0.29, 0.717) is 6.54 Å². The van der Waals surface area contributed by atoms with Crippen molar-refractivity contribution in [3.63, 3.8) is 0 Å². The van der Waals surface area contributed by atoms with Crippen LogP contribution in [0.3, 0.4) is 0 Å². The number of nitrogens with one attached hydrogen (secondary N) is 1. The Morgan fingerprint density at radius 2 is 1.71 bits per heavy atom. The fourth-order valence-electron chi connectivity index (χ4n) is 3.73. The van der Waals surface area contributed by atoms with Crippen LogP contribution < -0.4 is 9.62 Å². The number of nitrogens with zero attached hydrogens (tertiary/aromatic N) is 2. The smallest absolute Gasteiger partial charge is 0.242 e. The van der Waals surface area contributed by atoms with Gasteiger partial charge in [-0.2, -0.15) is 0 Å². The number of carbonyl (C=O) groups excluding carboxylic acids is 2. The van der Waals surface area contributed by atoms with Gasteiger partial charge in [0.2, 0.25) is 21.8 Å². The quantitative estimate of drug-likeness (QED) is 0.417. The first-order chi connectivity index (χ1) is 16.6. The highest BCUT2D eigenvalue weighted by Crippen LogP contribution is 2.22. The van der Waals surface area contributed by atoms with Crippen LogP contribution in [0.15, 0.2) is 48.5 Å². The van der Waals surface area contributed by atoms with Gasteiger partial charge in [-0.1, -0.05) is 49.7 Å². The van der Waals surface area contributed by atoms with E-state index in [2.05, 4.69) is 5.32 Å². The third-order valence-corrected chi connectivity index (χ3v) is 7.05. The van der Waals surface area contributed by atoms with Crippen molar-refractivity contribution in [1.29, 1.82) is 0 Å². The van der Waals surface area contributed by atoms with Crippen molar-refractivity contribution in [2.24, 2.45) is 0 Å². The maximum atomic E-state index is 14.3. The van der Waals surface area contributed by atoms with E-state index in [-0.39, 0.29) is 43.4 Å². The molecule has 0 unspecified atom stereocenters. The number of hydrogen-bond acceptors (Lipinski definition) is 4. The lowest BCUT2D eigenvalue weighted by atomic mass is 10.1. The van der Waals surface area contributed by atoms with E-state index in [1.165, 1.54) is 23.1 Å². The molecule has 2 rings (SSSR count). The summed E-state index contributed by atoms with van der Waals surface area (Å²) in [5.74, 6) is -1.15. The van der Waals surface area contributed by atoms with Gasteiger partial charge in [-0.05, 0) is 49.9 Å². The van der Waals surface area contributed by atoms with Gasteiger partial charge in [0, 0.05) is 26.1 Å². The number of benzene rings is 2. The molecule has 9 heteroatoms. The number of carbonyl (C=O) groups is 2. The van der Waals surface area contributed by atoms with Crippen LogP contribution in [-0.2, 0) is 26.2 Å². The second-order valence-electron chi connectivity index (χ2n) is 8.66. The maximum absolute atomic E-state index is 14.3. The summed E-state index contributed by atoms with van der Waals surface area (Å²) < 4.78 is 39.8. The second-order valence-corrected chi connectivity index (χ2v) is 10.6. The minimum absolute atomic E-state index is 0.0128. The Kier molecular flexibility index (Phi) is 10.7. The van der Waals surface area contributed by atoms with Crippen LogP contribution in [0.5, 0.6) is 0 Å².